The van der Waals surface area contributed by atoms with E-state index in [1.54, 1.807) is 11.3 Å². The van der Waals surface area contributed by atoms with Crippen LogP contribution in [-0.2, 0) is 6.54 Å². The lowest BCUT2D eigenvalue weighted by atomic mass is 10.2. The van der Waals surface area contributed by atoms with Crippen LogP contribution >= 0.6 is 11.3 Å². The van der Waals surface area contributed by atoms with Gasteiger partial charge in [-0.05, 0) is 36.9 Å². The number of fused-ring (bicyclic) bond motifs is 1. The topological polar surface area (TPSA) is 41.9 Å². The molecule has 118 valence electrons. The van der Waals surface area contributed by atoms with Crippen molar-refractivity contribution in [1.82, 2.24) is 0 Å². The van der Waals surface area contributed by atoms with Gasteiger partial charge in [0, 0.05) is 23.2 Å². The fourth-order valence-electron chi connectivity index (χ4n) is 2.46. The number of rotatable bonds is 6. The van der Waals surface area contributed by atoms with Gasteiger partial charge in [0.1, 0.15) is 13.2 Å². The Morgan fingerprint density at radius 3 is 2.77 bits per heavy atom. The molecule has 2 heterocycles. The average Bonchev–Trinajstić information content (AvgIpc) is 3.04. The summed E-state index contributed by atoms with van der Waals surface area (Å²) in [5.41, 5.74) is 1.10. The van der Waals surface area contributed by atoms with E-state index in [9.17, 15) is 5.11 Å². The van der Waals surface area contributed by atoms with E-state index in [2.05, 4.69) is 28.5 Å². The van der Waals surface area contributed by atoms with Gasteiger partial charge < -0.3 is 19.5 Å². The summed E-state index contributed by atoms with van der Waals surface area (Å²) in [6.45, 7) is 4.66. The number of anilines is 1. The molecule has 0 radical (unpaired) electrons. The molecular weight excluding hydrogens is 298 g/mol. The highest BCUT2D eigenvalue weighted by Gasteiger charge is 2.16. The highest BCUT2D eigenvalue weighted by Crippen LogP contribution is 2.34. The minimum atomic E-state index is -0.303. The van der Waals surface area contributed by atoms with E-state index >= 15 is 0 Å². The molecular formula is C17H21NO3S. The van der Waals surface area contributed by atoms with Crippen LogP contribution in [0.1, 0.15) is 18.2 Å². The molecule has 5 heteroatoms. The zero-order valence-corrected chi connectivity index (χ0v) is 13.5. The van der Waals surface area contributed by atoms with Crippen molar-refractivity contribution < 1.29 is 14.6 Å². The normalized spacial score (nSPS) is 14.6. The molecule has 0 saturated carbocycles. The quantitative estimate of drug-likeness (QED) is 0.887. The Kier molecular flexibility index (Phi) is 4.85. The van der Waals surface area contributed by atoms with Gasteiger partial charge in [0.25, 0.3) is 0 Å². The molecule has 1 atom stereocenters. The van der Waals surface area contributed by atoms with E-state index in [-0.39, 0.29) is 6.10 Å². The van der Waals surface area contributed by atoms with Gasteiger partial charge >= 0.3 is 0 Å². The number of aliphatic hydroxyl groups is 1. The second-order valence-corrected chi connectivity index (χ2v) is 6.50. The highest BCUT2D eigenvalue weighted by atomic mass is 32.1. The largest absolute Gasteiger partial charge is 0.486 e. The van der Waals surface area contributed by atoms with Crippen molar-refractivity contribution in [3.05, 3.63) is 40.6 Å². The summed E-state index contributed by atoms with van der Waals surface area (Å²) in [5.74, 6) is 1.61. The van der Waals surface area contributed by atoms with Gasteiger partial charge in [-0.25, -0.2) is 0 Å². The fraction of sp³-hybridized carbons (Fsp3) is 0.412. The number of nitrogens with zero attached hydrogens (tertiary/aromatic N) is 1. The molecule has 0 spiro atoms. The van der Waals surface area contributed by atoms with Crippen LogP contribution in [0.4, 0.5) is 5.69 Å². The van der Waals surface area contributed by atoms with Crippen molar-refractivity contribution in [3.8, 4) is 11.5 Å². The van der Waals surface area contributed by atoms with Gasteiger partial charge in [0.05, 0.1) is 12.6 Å². The number of hydrogen-bond acceptors (Lipinski definition) is 5. The molecule has 3 rings (SSSR count). The van der Waals surface area contributed by atoms with Crippen molar-refractivity contribution >= 4 is 17.0 Å². The van der Waals surface area contributed by atoms with Gasteiger partial charge in [-0.2, -0.15) is 0 Å². The van der Waals surface area contributed by atoms with Crippen molar-refractivity contribution in [2.24, 2.45) is 0 Å². The maximum Gasteiger partial charge on any atom is 0.163 e. The monoisotopic (exact) mass is 319 g/mol. The Balaban J connectivity index is 1.80. The molecule has 0 saturated heterocycles. The van der Waals surface area contributed by atoms with Crippen LogP contribution in [0.15, 0.2) is 35.7 Å². The van der Waals surface area contributed by atoms with E-state index in [1.165, 1.54) is 4.88 Å². The fourth-order valence-corrected chi connectivity index (χ4v) is 3.18. The molecule has 1 aliphatic rings. The third-order valence-corrected chi connectivity index (χ3v) is 4.50. The second-order valence-electron chi connectivity index (χ2n) is 5.47. The van der Waals surface area contributed by atoms with Crippen LogP contribution < -0.4 is 14.4 Å². The van der Waals surface area contributed by atoms with Gasteiger partial charge in [-0.1, -0.05) is 6.07 Å². The maximum absolute atomic E-state index is 9.60. The van der Waals surface area contributed by atoms with E-state index < -0.39 is 0 Å². The van der Waals surface area contributed by atoms with Crippen molar-refractivity contribution in [3.63, 3.8) is 0 Å². The minimum Gasteiger partial charge on any atom is -0.486 e. The van der Waals surface area contributed by atoms with E-state index in [0.29, 0.717) is 13.2 Å². The van der Waals surface area contributed by atoms with Crippen LogP contribution in [0, 0.1) is 0 Å². The predicted octanol–water partition coefficient (Wildman–Crippen LogP) is 3.30. The third kappa shape index (κ3) is 3.72. The first-order valence-corrected chi connectivity index (χ1v) is 8.45. The number of ether oxygens (including phenoxy) is 2. The zero-order chi connectivity index (χ0) is 15.4. The second kappa shape index (κ2) is 7.03. The molecule has 22 heavy (non-hydrogen) atoms. The third-order valence-electron chi connectivity index (χ3n) is 3.63. The lowest BCUT2D eigenvalue weighted by molar-refractivity contribution is 0.171. The van der Waals surface area contributed by atoms with Crippen LogP contribution in [0.5, 0.6) is 11.5 Å². The number of benzene rings is 1. The van der Waals surface area contributed by atoms with Gasteiger partial charge in [0.15, 0.2) is 11.5 Å². The summed E-state index contributed by atoms with van der Waals surface area (Å²) in [6.07, 6.45) is 0.433. The Labute approximate surface area is 134 Å². The summed E-state index contributed by atoms with van der Waals surface area (Å²) >= 11 is 1.75. The first kappa shape index (κ1) is 15.2. The molecule has 0 fully saturated rings. The minimum absolute atomic E-state index is 0.303. The molecule has 1 aliphatic heterocycles. The lowest BCUT2D eigenvalue weighted by Gasteiger charge is -2.27. The average molecular weight is 319 g/mol. The summed E-state index contributed by atoms with van der Waals surface area (Å²) in [7, 11) is 0. The maximum atomic E-state index is 9.60. The molecule has 0 aliphatic carbocycles. The van der Waals surface area contributed by atoms with E-state index in [0.717, 1.165) is 36.7 Å². The first-order chi connectivity index (χ1) is 10.7. The molecule has 0 bridgehead atoms. The summed E-state index contributed by atoms with van der Waals surface area (Å²) in [5, 5.41) is 11.7. The van der Waals surface area contributed by atoms with Crippen LogP contribution in [-0.4, -0.2) is 31.0 Å². The molecule has 1 aromatic carbocycles. The van der Waals surface area contributed by atoms with Crippen molar-refractivity contribution in [2.45, 2.75) is 26.0 Å². The van der Waals surface area contributed by atoms with Crippen LogP contribution in [0.2, 0.25) is 0 Å². The van der Waals surface area contributed by atoms with Crippen molar-refractivity contribution in [2.75, 3.05) is 24.7 Å². The van der Waals surface area contributed by atoms with Gasteiger partial charge in [0.2, 0.25) is 0 Å². The summed E-state index contributed by atoms with van der Waals surface area (Å²) in [4.78, 5) is 3.58. The van der Waals surface area contributed by atoms with Crippen molar-refractivity contribution in [1.29, 1.82) is 0 Å². The standard InChI is InChI=1S/C17H21NO3S/c1-13(19)6-7-18(12-15-3-2-10-22-15)14-4-5-16-17(11-14)21-9-8-20-16/h2-5,10-11,13,19H,6-9,12H2,1H3. The molecule has 0 amide bonds. The smallest absolute Gasteiger partial charge is 0.163 e. The van der Waals surface area contributed by atoms with Crippen LogP contribution in [0.25, 0.3) is 0 Å². The first-order valence-electron chi connectivity index (χ1n) is 7.57. The lowest BCUT2D eigenvalue weighted by Crippen LogP contribution is -2.26. The highest BCUT2D eigenvalue weighted by molar-refractivity contribution is 7.09. The van der Waals surface area contributed by atoms with E-state index in [1.807, 2.05) is 19.1 Å². The van der Waals surface area contributed by atoms with Gasteiger partial charge in [-0.3, -0.25) is 0 Å². The molecule has 4 nitrogen and oxygen atoms in total. The molecule has 2 aromatic rings. The Hall–Kier alpha value is -1.72. The molecule has 1 unspecified atom stereocenters. The molecule has 1 N–H and O–H groups in total. The Bertz CT molecular complexity index is 598. The number of thiophene rings is 1. The Morgan fingerprint density at radius 2 is 2.05 bits per heavy atom. The summed E-state index contributed by atoms with van der Waals surface area (Å²) in [6, 6.07) is 10.3. The Morgan fingerprint density at radius 1 is 1.23 bits per heavy atom. The molecule has 1 aromatic heterocycles. The number of hydrogen-bond donors (Lipinski definition) is 1. The van der Waals surface area contributed by atoms with E-state index in [4.69, 9.17) is 9.47 Å². The zero-order valence-electron chi connectivity index (χ0n) is 12.7. The SMILES string of the molecule is CC(O)CCN(Cc1cccs1)c1ccc2c(c1)OCCO2. The number of aliphatic hydroxyl groups excluding tert-OH is 1. The summed E-state index contributed by atoms with van der Waals surface area (Å²) < 4.78 is 11.3. The van der Waals surface area contributed by atoms with Gasteiger partial charge in [-0.15, -0.1) is 11.3 Å². The van der Waals surface area contributed by atoms with Crippen LogP contribution in [0.3, 0.4) is 0 Å². The predicted molar refractivity (Wildman–Crippen MR) is 89.1 cm³/mol.